The Labute approximate surface area is 153 Å². The molecule has 2 aromatic rings. The molecule has 0 radical (unpaired) electrons. The molecule has 3 amide bonds. The first kappa shape index (κ1) is 17.5. The Morgan fingerprint density at radius 1 is 1.16 bits per heavy atom. The van der Waals surface area contributed by atoms with Crippen LogP contribution in [-0.2, 0) is 4.79 Å². The lowest BCUT2D eigenvalue weighted by atomic mass is 10.2. The second kappa shape index (κ2) is 7.29. The van der Waals surface area contributed by atoms with Gasteiger partial charge in [-0.3, -0.25) is 4.79 Å². The van der Waals surface area contributed by atoms with Crippen molar-refractivity contribution >= 4 is 46.5 Å². The van der Waals surface area contributed by atoms with Crippen molar-refractivity contribution in [3.05, 3.63) is 58.3 Å². The van der Waals surface area contributed by atoms with Crippen molar-refractivity contribution in [1.29, 1.82) is 0 Å². The van der Waals surface area contributed by atoms with Crippen LogP contribution in [0.4, 0.5) is 20.6 Å². The van der Waals surface area contributed by atoms with Crippen LogP contribution in [-0.4, -0.2) is 24.5 Å². The number of nitrogens with one attached hydrogen (secondary N) is 2. The standard InChI is InChI=1S/C17H14Cl2FN3O2/c18-10-1-4-13(5-2-10)23-9-12(8-16(23)24)22-17(25)21-11-3-6-15(20)14(19)7-11/h1-7,12H,8-9H2,(H2,21,22,25)/t12-/m1/s1. The zero-order chi connectivity index (χ0) is 18.0. The number of amides is 3. The second-order valence-corrected chi connectivity index (χ2v) is 6.45. The third kappa shape index (κ3) is 4.21. The number of hydrogen-bond donors (Lipinski definition) is 2. The largest absolute Gasteiger partial charge is 0.333 e. The number of hydrogen-bond acceptors (Lipinski definition) is 2. The summed E-state index contributed by atoms with van der Waals surface area (Å²) < 4.78 is 13.1. The fourth-order valence-electron chi connectivity index (χ4n) is 2.60. The lowest BCUT2D eigenvalue weighted by molar-refractivity contribution is -0.117. The van der Waals surface area contributed by atoms with Crippen molar-refractivity contribution in [2.45, 2.75) is 12.5 Å². The highest BCUT2D eigenvalue weighted by Crippen LogP contribution is 2.24. The maximum Gasteiger partial charge on any atom is 0.319 e. The molecule has 1 atom stereocenters. The molecule has 0 aliphatic carbocycles. The van der Waals surface area contributed by atoms with Gasteiger partial charge in [-0.15, -0.1) is 0 Å². The van der Waals surface area contributed by atoms with Crippen molar-refractivity contribution < 1.29 is 14.0 Å². The average Bonchev–Trinajstić information content (AvgIpc) is 2.92. The number of halogens is 3. The minimum absolute atomic E-state index is 0.0808. The third-order valence-electron chi connectivity index (χ3n) is 3.78. The normalized spacial score (nSPS) is 16.8. The highest BCUT2D eigenvalue weighted by atomic mass is 35.5. The van der Waals surface area contributed by atoms with E-state index < -0.39 is 11.8 Å². The summed E-state index contributed by atoms with van der Waals surface area (Å²) in [6.45, 7) is 0.359. The molecule has 1 saturated heterocycles. The number of benzene rings is 2. The number of rotatable bonds is 3. The molecule has 0 aromatic heterocycles. The van der Waals surface area contributed by atoms with Crippen LogP contribution in [0.5, 0.6) is 0 Å². The van der Waals surface area contributed by atoms with Gasteiger partial charge < -0.3 is 15.5 Å². The summed E-state index contributed by atoms with van der Waals surface area (Å²) in [5, 5.41) is 5.80. The van der Waals surface area contributed by atoms with E-state index in [-0.39, 0.29) is 23.4 Å². The predicted octanol–water partition coefficient (Wildman–Crippen LogP) is 4.06. The molecule has 1 aliphatic heterocycles. The SMILES string of the molecule is O=C(Nc1ccc(F)c(Cl)c1)N[C@@H]1CC(=O)N(c2ccc(Cl)cc2)C1. The van der Waals surface area contributed by atoms with Crippen molar-refractivity contribution in [1.82, 2.24) is 5.32 Å². The van der Waals surface area contributed by atoms with Gasteiger partial charge in [0.05, 0.1) is 11.1 Å². The zero-order valence-corrected chi connectivity index (χ0v) is 14.4. The Hall–Kier alpha value is -2.31. The van der Waals surface area contributed by atoms with E-state index in [0.29, 0.717) is 17.3 Å². The minimum Gasteiger partial charge on any atom is -0.333 e. The molecule has 25 heavy (non-hydrogen) atoms. The topological polar surface area (TPSA) is 61.4 Å². The lowest BCUT2D eigenvalue weighted by Crippen LogP contribution is -2.39. The van der Waals surface area contributed by atoms with E-state index in [4.69, 9.17) is 23.2 Å². The van der Waals surface area contributed by atoms with E-state index in [1.54, 1.807) is 29.2 Å². The van der Waals surface area contributed by atoms with E-state index in [9.17, 15) is 14.0 Å². The number of carbonyl (C=O) groups excluding carboxylic acids is 2. The van der Waals surface area contributed by atoms with Crippen LogP contribution in [0, 0.1) is 5.82 Å². The molecule has 130 valence electrons. The summed E-state index contributed by atoms with van der Waals surface area (Å²) in [4.78, 5) is 25.8. The van der Waals surface area contributed by atoms with Gasteiger partial charge in [0, 0.05) is 29.4 Å². The maximum absolute atomic E-state index is 13.1. The van der Waals surface area contributed by atoms with Gasteiger partial charge in [-0.2, -0.15) is 0 Å². The summed E-state index contributed by atoms with van der Waals surface area (Å²) in [6.07, 6.45) is 0.195. The van der Waals surface area contributed by atoms with Gasteiger partial charge in [-0.25, -0.2) is 9.18 Å². The van der Waals surface area contributed by atoms with Gasteiger partial charge in [0.15, 0.2) is 0 Å². The second-order valence-electron chi connectivity index (χ2n) is 5.61. The monoisotopic (exact) mass is 381 g/mol. The Morgan fingerprint density at radius 3 is 2.56 bits per heavy atom. The van der Waals surface area contributed by atoms with E-state index in [1.807, 2.05) is 0 Å². The number of anilines is 2. The highest BCUT2D eigenvalue weighted by Gasteiger charge is 2.31. The predicted molar refractivity (Wildman–Crippen MR) is 95.8 cm³/mol. The minimum atomic E-state index is -0.562. The maximum atomic E-state index is 13.1. The van der Waals surface area contributed by atoms with Gasteiger partial charge >= 0.3 is 6.03 Å². The fourth-order valence-corrected chi connectivity index (χ4v) is 2.91. The first-order valence-corrected chi connectivity index (χ1v) is 8.26. The first-order valence-electron chi connectivity index (χ1n) is 7.51. The van der Waals surface area contributed by atoms with Gasteiger partial charge in [0.25, 0.3) is 0 Å². The highest BCUT2D eigenvalue weighted by molar-refractivity contribution is 6.31. The van der Waals surface area contributed by atoms with Crippen molar-refractivity contribution in [2.75, 3.05) is 16.8 Å². The van der Waals surface area contributed by atoms with Crippen LogP contribution in [0.25, 0.3) is 0 Å². The molecular formula is C17H14Cl2FN3O2. The van der Waals surface area contributed by atoms with Gasteiger partial charge in [-0.1, -0.05) is 23.2 Å². The van der Waals surface area contributed by atoms with Crippen LogP contribution in [0.15, 0.2) is 42.5 Å². The first-order chi connectivity index (χ1) is 11.9. The van der Waals surface area contributed by atoms with Crippen LogP contribution in [0.2, 0.25) is 10.0 Å². The molecule has 0 saturated carbocycles. The van der Waals surface area contributed by atoms with Gasteiger partial charge in [0.2, 0.25) is 5.91 Å². The molecule has 5 nitrogen and oxygen atoms in total. The molecule has 2 N–H and O–H groups in total. The van der Waals surface area contributed by atoms with Gasteiger partial charge in [0.1, 0.15) is 5.82 Å². The summed E-state index contributed by atoms with van der Waals surface area (Å²) in [5.41, 5.74) is 1.09. The molecule has 2 aromatic carbocycles. The smallest absolute Gasteiger partial charge is 0.319 e. The quantitative estimate of drug-likeness (QED) is 0.841. The zero-order valence-electron chi connectivity index (χ0n) is 12.9. The summed E-state index contributed by atoms with van der Waals surface area (Å²) in [6, 6.07) is 9.98. The number of nitrogens with zero attached hydrogens (tertiary/aromatic N) is 1. The van der Waals surface area contributed by atoms with E-state index >= 15 is 0 Å². The van der Waals surface area contributed by atoms with Crippen molar-refractivity contribution in [2.24, 2.45) is 0 Å². The summed E-state index contributed by atoms with van der Waals surface area (Å²) in [7, 11) is 0. The lowest BCUT2D eigenvalue weighted by Gasteiger charge is -2.17. The van der Waals surface area contributed by atoms with Crippen molar-refractivity contribution in [3.63, 3.8) is 0 Å². The van der Waals surface area contributed by atoms with Crippen LogP contribution in [0.3, 0.4) is 0 Å². The molecular weight excluding hydrogens is 368 g/mol. The van der Waals surface area contributed by atoms with E-state index in [0.717, 1.165) is 5.69 Å². The van der Waals surface area contributed by atoms with Crippen LogP contribution >= 0.6 is 23.2 Å². The Balaban J connectivity index is 1.60. The van der Waals surface area contributed by atoms with Crippen molar-refractivity contribution in [3.8, 4) is 0 Å². The molecule has 0 bridgehead atoms. The molecule has 1 fully saturated rings. The molecule has 0 spiro atoms. The Bertz CT molecular complexity index is 814. The third-order valence-corrected chi connectivity index (χ3v) is 4.32. The molecule has 3 rings (SSSR count). The van der Waals surface area contributed by atoms with E-state index in [1.165, 1.54) is 18.2 Å². The molecule has 0 unspecified atom stereocenters. The van der Waals surface area contributed by atoms with Crippen LogP contribution < -0.4 is 15.5 Å². The molecule has 1 aliphatic rings. The number of urea groups is 1. The average molecular weight is 382 g/mol. The Morgan fingerprint density at radius 2 is 1.88 bits per heavy atom. The number of carbonyl (C=O) groups is 2. The fraction of sp³-hybridized carbons (Fsp3) is 0.176. The van der Waals surface area contributed by atoms with E-state index in [2.05, 4.69) is 10.6 Å². The Kier molecular flexibility index (Phi) is 5.11. The molecule has 8 heteroatoms. The summed E-state index contributed by atoms with van der Waals surface area (Å²) in [5.74, 6) is -0.648. The van der Waals surface area contributed by atoms with Crippen LogP contribution in [0.1, 0.15) is 6.42 Å². The van der Waals surface area contributed by atoms with Gasteiger partial charge in [-0.05, 0) is 42.5 Å². The summed E-state index contributed by atoms with van der Waals surface area (Å²) >= 11 is 11.5. The molecule has 1 heterocycles.